The van der Waals surface area contributed by atoms with Gasteiger partial charge in [-0.3, -0.25) is 0 Å². The van der Waals surface area contributed by atoms with Crippen molar-refractivity contribution in [3.8, 4) is 0 Å². The maximum atomic E-state index is 12.7. The van der Waals surface area contributed by atoms with E-state index in [2.05, 4.69) is 16.5 Å². The van der Waals surface area contributed by atoms with Gasteiger partial charge in [0, 0.05) is 19.0 Å². The number of amidine groups is 1. The van der Waals surface area contributed by atoms with E-state index in [1.54, 1.807) is 18.9 Å². The van der Waals surface area contributed by atoms with Gasteiger partial charge in [-0.05, 0) is 24.0 Å². The second-order valence-corrected chi connectivity index (χ2v) is 10.4. The molecule has 0 spiro atoms. The Labute approximate surface area is 185 Å². The van der Waals surface area contributed by atoms with Crippen molar-refractivity contribution >= 4 is 55.8 Å². The summed E-state index contributed by atoms with van der Waals surface area (Å²) in [6.07, 6.45) is 1.81. The number of halogens is 1. The first kappa shape index (κ1) is 22.3. The summed E-state index contributed by atoms with van der Waals surface area (Å²) in [5, 5.41) is 6.81. The molecule has 0 N–H and O–H groups in total. The van der Waals surface area contributed by atoms with Crippen LogP contribution in [0.15, 0.2) is 52.0 Å². The van der Waals surface area contributed by atoms with Crippen molar-refractivity contribution in [2.45, 2.75) is 19.8 Å². The summed E-state index contributed by atoms with van der Waals surface area (Å²) >= 11 is 8.89. The number of hydrogen-bond acceptors (Lipinski definition) is 5. The molecule has 10 heteroatoms. The molecule has 1 aliphatic heterocycles. The summed E-state index contributed by atoms with van der Waals surface area (Å²) in [6, 6.07) is 13.9. The highest BCUT2D eigenvalue weighted by atomic mass is 35.5. The summed E-state index contributed by atoms with van der Waals surface area (Å²) in [5.41, 5.74) is 1.99. The Morgan fingerprint density at radius 3 is 2.52 bits per heavy atom. The van der Waals surface area contributed by atoms with E-state index in [-0.39, 0.29) is 5.92 Å². The van der Waals surface area contributed by atoms with Gasteiger partial charge in [-0.2, -0.15) is 17.8 Å². The molecule has 0 radical (unpaired) electrons. The third-order valence-corrected chi connectivity index (χ3v) is 8.18. The Morgan fingerprint density at radius 2 is 1.97 bits per heavy atom. The SMILES string of the molecule is CCN(CC)S(=O)(=O)/N=C(\SC)N1CC(c2ccccc2)C(c2ccc(Cl)s2)=N1. The first-order valence-electron chi connectivity index (χ1n) is 9.20. The van der Waals surface area contributed by atoms with E-state index in [1.165, 1.54) is 27.4 Å². The molecular formula is C19H23ClN4O2S3. The van der Waals surface area contributed by atoms with Gasteiger partial charge in [0.1, 0.15) is 0 Å². The number of thiophene rings is 1. The highest BCUT2D eigenvalue weighted by Crippen LogP contribution is 2.34. The molecule has 6 nitrogen and oxygen atoms in total. The van der Waals surface area contributed by atoms with Crippen LogP contribution in [0.4, 0.5) is 0 Å². The van der Waals surface area contributed by atoms with Gasteiger partial charge in [0.2, 0.25) is 0 Å². The summed E-state index contributed by atoms with van der Waals surface area (Å²) in [5.74, 6) is -0.000533. The predicted molar refractivity (Wildman–Crippen MR) is 125 cm³/mol. The molecule has 3 rings (SSSR count). The topological polar surface area (TPSA) is 65.3 Å². The minimum absolute atomic E-state index is 0.000533. The first-order chi connectivity index (χ1) is 13.9. The summed E-state index contributed by atoms with van der Waals surface area (Å²) in [4.78, 5) is 0.971. The van der Waals surface area contributed by atoms with Crippen LogP contribution in [0.25, 0.3) is 0 Å². The molecule has 1 aromatic carbocycles. The van der Waals surface area contributed by atoms with Crippen LogP contribution in [-0.2, 0) is 10.2 Å². The molecule has 0 bridgehead atoms. The maximum absolute atomic E-state index is 12.7. The Balaban J connectivity index is 2.01. The number of nitrogens with zero attached hydrogens (tertiary/aromatic N) is 4. The fourth-order valence-electron chi connectivity index (χ4n) is 3.14. The van der Waals surface area contributed by atoms with Gasteiger partial charge < -0.3 is 0 Å². The van der Waals surface area contributed by atoms with Crippen molar-refractivity contribution in [2.24, 2.45) is 9.50 Å². The summed E-state index contributed by atoms with van der Waals surface area (Å²) < 4.78 is 31.4. The summed E-state index contributed by atoms with van der Waals surface area (Å²) in [7, 11) is -3.76. The molecule has 1 aromatic heterocycles. The van der Waals surface area contributed by atoms with Gasteiger partial charge in [-0.15, -0.1) is 15.7 Å². The van der Waals surface area contributed by atoms with Crippen LogP contribution in [0.2, 0.25) is 4.34 Å². The van der Waals surface area contributed by atoms with Gasteiger partial charge in [0.05, 0.1) is 21.5 Å². The highest BCUT2D eigenvalue weighted by molar-refractivity contribution is 8.13. The molecule has 1 aliphatic rings. The lowest BCUT2D eigenvalue weighted by atomic mass is 9.94. The van der Waals surface area contributed by atoms with Gasteiger partial charge in [0.15, 0.2) is 5.17 Å². The molecule has 0 saturated carbocycles. The molecule has 0 fully saturated rings. The lowest BCUT2D eigenvalue weighted by Gasteiger charge is -2.19. The van der Waals surface area contributed by atoms with Gasteiger partial charge in [-0.25, -0.2) is 5.01 Å². The van der Waals surface area contributed by atoms with E-state index in [0.717, 1.165) is 16.2 Å². The largest absolute Gasteiger partial charge is 0.324 e. The molecule has 1 unspecified atom stereocenters. The van der Waals surface area contributed by atoms with E-state index >= 15 is 0 Å². The van der Waals surface area contributed by atoms with Crippen LogP contribution in [0, 0.1) is 0 Å². The van der Waals surface area contributed by atoms with Crippen LogP contribution in [0.5, 0.6) is 0 Å². The third kappa shape index (κ3) is 5.03. The molecule has 0 aliphatic carbocycles. The molecule has 1 atom stereocenters. The molecule has 156 valence electrons. The van der Waals surface area contributed by atoms with Crippen molar-refractivity contribution in [1.29, 1.82) is 0 Å². The molecule has 0 saturated heterocycles. The van der Waals surface area contributed by atoms with Gasteiger partial charge in [-0.1, -0.05) is 67.5 Å². The lowest BCUT2D eigenvalue weighted by molar-refractivity contribution is 0.443. The zero-order valence-electron chi connectivity index (χ0n) is 16.4. The van der Waals surface area contributed by atoms with Crippen LogP contribution in [-0.4, -0.2) is 54.5 Å². The fourth-order valence-corrected chi connectivity index (χ4v) is 6.19. The van der Waals surface area contributed by atoms with Gasteiger partial charge in [0.25, 0.3) is 0 Å². The second kappa shape index (κ2) is 9.61. The highest BCUT2D eigenvalue weighted by Gasteiger charge is 2.33. The zero-order valence-corrected chi connectivity index (χ0v) is 19.7. The monoisotopic (exact) mass is 470 g/mol. The number of thioether (sulfide) groups is 1. The molecule has 0 amide bonds. The number of rotatable bonds is 6. The Morgan fingerprint density at radius 1 is 1.28 bits per heavy atom. The quantitative estimate of drug-likeness (QED) is 0.460. The van der Waals surface area contributed by atoms with Crippen molar-refractivity contribution in [1.82, 2.24) is 9.31 Å². The summed E-state index contributed by atoms with van der Waals surface area (Å²) in [6.45, 7) is 4.86. The van der Waals surface area contributed by atoms with E-state index in [9.17, 15) is 8.42 Å². The smallest absolute Gasteiger partial charge is 0.240 e. The fraction of sp³-hybridized carbons (Fsp3) is 0.368. The molecular weight excluding hydrogens is 448 g/mol. The average Bonchev–Trinajstić information content (AvgIpc) is 3.34. The maximum Gasteiger partial charge on any atom is 0.324 e. The molecule has 2 aromatic rings. The van der Waals surface area contributed by atoms with Crippen LogP contribution < -0.4 is 0 Å². The Bertz CT molecular complexity index is 1000. The Hall–Kier alpha value is -1.39. The predicted octanol–water partition coefficient (Wildman–Crippen LogP) is 4.51. The number of hydrazone groups is 1. The standard InChI is InChI=1S/C19H23ClN4O2S3/c1-4-23(5-2)29(25,26)22-19(27-3)24-13-15(14-9-7-6-8-10-14)18(21-24)16-11-12-17(20)28-16/h6-12,15H,4-5,13H2,1-3H3/b22-19-. The number of hydrogen-bond donors (Lipinski definition) is 0. The third-order valence-electron chi connectivity index (χ3n) is 4.57. The van der Waals surface area contributed by atoms with E-state index in [4.69, 9.17) is 16.7 Å². The van der Waals surface area contributed by atoms with Crippen molar-refractivity contribution < 1.29 is 8.42 Å². The average molecular weight is 471 g/mol. The lowest BCUT2D eigenvalue weighted by Crippen LogP contribution is -2.32. The van der Waals surface area contributed by atoms with Gasteiger partial charge >= 0.3 is 10.2 Å². The van der Waals surface area contributed by atoms with Crippen LogP contribution >= 0.6 is 34.7 Å². The minimum Gasteiger partial charge on any atom is -0.240 e. The second-order valence-electron chi connectivity index (χ2n) is 6.27. The van der Waals surface area contributed by atoms with E-state index in [0.29, 0.717) is 29.1 Å². The molecule has 29 heavy (non-hydrogen) atoms. The Kier molecular flexibility index (Phi) is 7.39. The minimum atomic E-state index is -3.76. The van der Waals surface area contributed by atoms with Crippen LogP contribution in [0.3, 0.4) is 0 Å². The van der Waals surface area contributed by atoms with E-state index < -0.39 is 10.2 Å². The van der Waals surface area contributed by atoms with E-state index in [1.807, 2.05) is 36.6 Å². The zero-order chi connectivity index (χ0) is 21.0. The van der Waals surface area contributed by atoms with Crippen molar-refractivity contribution in [2.75, 3.05) is 25.9 Å². The van der Waals surface area contributed by atoms with Crippen molar-refractivity contribution in [3.05, 3.63) is 57.2 Å². The molecule has 2 heterocycles. The van der Waals surface area contributed by atoms with Crippen LogP contribution in [0.1, 0.15) is 30.2 Å². The first-order valence-corrected chi connectivity index (χ1v) is 13.0. The number of benzene rings is 1. The van der Waals surface area contributed by atoms with Crippen molar-refractivity contribution in [3.63, 3.8) is 0 Å². The normalized spacial score (nSPS) is 17.8.